The van der Waals surface area contributed by atoms with E-state index in [2.05, 4.69) is 5.32 Å². The lowest BCUT2D eigenvalue weighted by atomic mass is 9.96. The number of halogens is 1. The molecule has 1 aliphatic heterocycles. The Hall–Kier alpha value is -1.62. The molecule has 1 aliphatic rings. The van der Waals surface area contributed by atoms with Crippen molar-refractivity contribution in [3.8, 4) is 0 Å². The van der Waals surface area contributed by atoms with Crippen LogP contribution in [0.4, 0.5) is 10.1 Å². The van der Waals surface area contributed by atoms with Crippen molar-refractivity contribution < 1.29 is 14.3 Å². The Balaban J connectivity index is 2.29. The molecule has 2 atom stereocenters. The van der Waals surface area contributed by atoms with E-state index in [0.717, 1.165) is 0 Å². The predicted octanol–water partition coefficient (Wildman–Crippen LogP) is 1.78. The number of nitrogens with one attached hydrogen (secondary N) is 1. The van der Waals surface area contributed by atoms with Crippen molar-refractivity contribution >= 4 is 11.7 Å². The van der Waals surface area contributed by atoms with Crippen LogP contribution in [0, 0.1) is 5.82 Å². The second-order valence-electron chi connectivity index (χ2n) is 4.96. The first-order valence-corrected chi connectivity index (χ1v) is 5.91. The lowest BCUT2D eigenvalue weighted by molar-refractivity contribution is -0.141. The van der Waals surface area contributed by atoms with Gasteiger partial charge in [0.05, 0.1) is 5.69 Å². The van der Waals surface area contributed by atoms with Gasteiger partial charge >= 0.3 is 5.97 Å². The largest absolute Gasteiger partial charge is 0.479 e. The molecule has 0 aliphatic carbocycles. The van der Waals surface area contributed by atoms with Crippen LogP contribution in [0.3, 0.4) is 0 Å². The van der Waals surface area contributed by atoms with Crippen LogP contribution in [0.15, 0.2) is 24.3 Å². The fraction of sp³-hybridized carbons (Fsp3) is 0.462. The monoisotopic (exact) mass is 252 g/mol. The van der Waals surface area contributed by atoms with Crippen LogP contribution >= 0.6 is 0 Å². The Morgan fingerprint density at radius 2 is 2.22 bits per heavy atom. The minimum Gasteiger partial charge on any atom is -0.479 e. The first-order chi connectivity index (χ1) is 8.44. The molecule has 1 fully saturated rings. The minimum absolute atomic E-state index is 0.153. The number of anilines is 1. The summed E-state index contributed by atoms with van der Waals surface area (Å²) >= 11 is 0. The number of likely N-dealkylation sites (tertiary alicyclic amines) is 1. The van der Waals surface area contributed by atoms with Crippen molar-refractivity contribution in [1.82, 2.24) is 4.90 Å². The average Bonchev–Trinajstić information content (AvgIpc) is 2.59. The van der Waals surface area contributed by atoms with Crippen LogP contribution in [-0.2, 0) is 4.79 Å². The number of likely N-dealkylation sites (N-methyl/N-ethyl adjacent to an activating group) is 1. The zero-order valence-electron chi connectivity index (χ0n) is 10.5. The Kier molecular flexibility index (Phi) is 3.26. The van der Waals surface area contributed by atoms with Gasteiger partial charge in [0.25, 0.3) is 0 Å². The summed E-state index contributed by atoms with van der Waals surface area (Å²) in [6, 6.07) is 6.30. The van der Waals surface area contributed by atoms with Crippen LogP contribution in [0.5, 0.6) is 0 Å². The second kappa shape index (κ2) is 4.57. The maximum Gasteiger partial charge on any atom is 0.330 e. The molecule has 0 spiro atoms. The smallest absolute Gasteiger partial charge is 0.330 e. The topological polar surface area (TPSA) is 52.6 Å². The van der Waals surface area contributed by atoms with Crippen molar-refractivity contribution in [3.63, 3.8) is 0 Å². The molecular weight excluding hydrogens is 235 g/mol. The van der Waals surface area contributed by atoms with Gasteiger partial charge in [-0.05, 0) is 32.5 Å². The zero-order valence-corrected chi connectivity index (χ0v) is 10.5. The molecule has 98 valence electrons. The van der Waals surface area contributed by atoms with E-state index in [1.165, 1.54) is 6.07 Å². The quantitative estimate of drug-likeness (QED) is 0.861. The van der Waals surface area contributed by atoms with Crippen molar-refractivity contribution in [1.29, 1.82) is 0 Å². The van der Waals surface area contributed by atoms with Gasteiger partial charge in [0, 0.05) is 12.6 Å². The number of carboxylic acid groups (broad SMARTS) is 1. The van der Waals surface area contributed by atoms with E-state index in [0.29, 0.717) is 13.0 Å². The number of benzene rings is 1. The summed E-state index contributed by atoms with van der Waals surface area (Å²) in [4.78, 5) is 13.5. The normalized spacial score (nSPS) is 28.3. The van der Waals surface area contributed by atoms with Crippen molar-refractivity contribution in [2.45, 2.75) is 24.9 Å². The molecule has 1 aromatic carbocycles. The molecule has 2 N–H and O–H groups in total. The molecule has 1 aromatic rings. The van der Waals surface area contributed by atoms with E-state index >= 15 is 0 Å². The Morgan fingerprint density at radius 1 is 1.56 bits per heavy atom. The summed E-state index contributed by atoms with van der Waals surface area (Å²) in [6.07, 6.45) is 0.452. The SMILES string of the molecule is CC1CC(Nc2ccccc2F)(C(=O)O)CN1C. The lowest BCUT2D eigenvalue weighted by Crippen LogP contribution is -2.48. The highest BCUT2D eigenvalue weighted by molar-refractivity contribution is 5.84. The third-order valence-electron chi connectivity index (χ3n) is 3.57. The minimum atomic E-state index is -1.11. The first kappa shape index (κ1) is 12.8. The summed E-state index contributed by atoms with van der Waals surface area (Å²) < 4.78 is 13.6. The number of nitrogens with zero attached hydrogens (tertiary/aromatic N) is 1. The van der Waals surface area contributed by atoms with E-state index < -0.39 is 17.3 Å². The summed E-state index contributed by atoms with van der Waals surface area (Å²) in [7, 11) is 1.87. The molecule has 0 amide bonds. The number of carboxylic acids is 1. The first-order valence-electron chi connectivity index (χ1n) is 5.91. The van der Waals surface area contributed by atoms with E-state index in [1.807, 2.05) is 18.9 Å². The highest BCUT2D eigenvalue weighted by Gasteiger charge is 2.47. The standard InChI is InChI=1S/C13H17FN2O2/c1-9-7-13(12(17)18,8-16(9)2)15-11-6-4-3-5-10(11)14/h3-6,9,15H,7-8H2,1-2H3,(H,17,18). The molecule has 2 rings (SSSR count). The molecule has 1 heterocycles. The van der Waals surface area contributed by atoms with Gasteiger partial charge in [0.2, 0.25) is 0 Å². The number of hydrogen-bond donors (Lipinski definition) is 2. The van der Waals surface area contributed by atoms with Crippen LogP contribution in [0.2, 0.25) is 0 Å². The van der Waals surface area contributed by atoms with E-state index in [4.69, 9.17) is 0 Å². The zero-order chi connectivity index (χ0) is 13.3. The van der Waals surface area contributed by atoms with Gasteiger partial charge in [-0.1, -0.05) is 12.1 Å². The molecule has 5 heteroatoms. The van der Waals surface area contributed by atoms with E-state index in [1.54, 1.807) is 18.2 Å². The maximum absolute atomic E-state index is 13.6. The summed E-state index contributed by atoms with van der Waals surface area (Å²) in [5.74, 6) is -1.37. The molecule has 0 radical (unpaired) electrons. The molecule has 2 unspecified atom stereocenters. The average molecular weight is 252 g/mol. The van der Waals surface area contributed by atoms with Crippen LogP contribution in [0.1, 0.15) is 13.3 Å². The predicted molar refractivity (Wildman–Crippen MR) is 67.1 cm³/mol. The Morgan fingerprint density at radius 3 is 2.72 bits per heavy atom. The fourth-order valence-electron chi connectivity index (χ4n) is 2.43. The van der Waals surface area contributed by atoms with Crippen LogP contribution in [-0.4, -0.2) is 41.1 Å². The van der Waals surface area contributed by atoms with Crippen molar-refractivity contribution in [2.24, 2.45) is 0 Å². The second-order valence-corrected chi connectivity index (χ2v) is 4.96. The van der Waals surface area contributed by atoms with E-state index in [-0.39, 0.29) is 11.7 Å². The fourth-order valence-corrected chi connectivity index (χ4v) is 2.43. The van der Waals surface area contributed by atoms with Gasteiger partial charge in [0.1, 0.15) is 11.4 Å². The number of aliphatic carboxylic acids is 1. The molecular formula is C13H17FN2O2. The summed E-state index contributed by atoms with van der Waals surface area (Å²) in [5, 5.41) is 12.3. The van der Waals surface area contributed by atoms with Crippen molar-refractivity contribution in [3.05, 3.63) is 30.1 Å². The van der Waals surface area contributed by atoms with Crippen LogP contribution in [0.25, 0.3) is 0 Å². The molecule has 18 heavy (non-hydrogen) atoms. The highest BCUT2D eigenvalue weighted by Crippen LogP contribution is 2.30. The highest BCUT2D eigenvalue weighted by atomic mass is 19.1. The van der Waals surface area contributed by atoms with E-state index in [9.17, 15) is 14.3 Å². The molecule has 0 bridgehead atoms. The molecule has 4 nitrogen and oxygen atoms in total. The van der Waals surface area contributed by atoms with Crippen molar-refractivity contribution in [2.75, 3.05) is 18.9 Å². The lowest BCUT2D eigenvalue weighted by Gasteiger charge is -2.26. The number of para-hydroxylation sites is 1. The van der Waals surface area contributed by atoms with Gasteiger partial charge in [-0.3, -0.25) is 0 Å². The van der Waals surface area contributed by atoms with Gasteiger partial charge in [-0.2, -0.15) is 0 Å². The number of rotatable bonds is 3. The maximum atomic E-state index is 13.6. The molecule has 0 saturated carbocycles. The summed E-state index contributed by atoms with van der Waals surface area (Å²) in [6.45, 7) is 2.32. The Bertz CT molecular complexity index is 454. The number of hydrogen-bond acceptors (Lipinski definition) is 3. The van der Waals surface area contributed by atoms with Gasteiger partial charge in [-0.25, -0.2) is 9.18 Å². The number of carbonyl (C=O) groups is 1. The molecule has 0 aromatic heterocycles. The van der Waals surface area contributed by atoms with Gasteiger partial charge in [0.15, 0.2) is 0 Å². The van der Waals surface area contributed by atoms with Gasteiger partial charge in [-0.15, -0.1) is 0 Å². The Labute approximate surface area is 105 Å². The summed E-state index contributed by atoms with van der Waals surface area (Å²) in [5.41, 5.74) is -0.876. The van der Waals surface area contributed by atoms with Gasteiger partial charge < -0.3 is 15.3 Å². The third-order valence-corrected chi connectivity index (χ3v) is 3.57. The molecule has 1 saturated heterocycles. The third kappa shape index (κ3) is 2.18. The van der Waals surface area contributed by atoms with Crippen LogP contribution < -0.4 is 5.32 Å².